The van der Waals surface area contributed by atoms with Crippen LogP contribution in [-0.2, 0) is 0 Å². The molecule has 0 spiro atoms. The van der Waals surface area contributed by atoms with Crippen molar-refractivity contribution in [2.45, 2.75) is 51.2 Å². The maximum absolute atomic E-state index is 4.53. The van der Waals surface area contributed by atoms with E-state index in [1.165, 1.54) is 32.1 Å². The van der Waals surface area contributed by atoms with Gasteiger partial charge >= 0.3 is 0 Å². The van der Waals surface area contributed by atoms with Crippen molar-refractivity contribution in [1.29, 1.82) is 0 Å². The Morgan fingerprint density at radius 1 is 1.20 bits per heavy atom. The molecule has 1 heteroatoms. The van der Waals surface area contributed by atoms with E-state index in [0.717, 1.165) is 0 Å². The second kappa shape index (κ2) is 3.17. The lowest BCUT2D eigenvalue weighted by Gasteiger charge is -2.36. The SMILES string of the molecule is CC(S)C1(C)CCCCC1. The van der Waals surface area contributed by atoms with E-state index in [0.29, 0.717) is 10.7 Å². The predicted octanol–water partition coefficient (Wildman–Crippen LogP) is 3.28. The van der Waals surface area contributed by atoms with Crippen LogP contribution in [0.25, 0.3) is 0 Å². The van der Waals surface area contributed by atoms with Gasteiger partial charge in [0.1, 0.15) is 0 Å². The summed E-state index contributed by atoms with van der Waals surface area (Å²) in [5, 5.41) is 0.577. The van der Waals surface area contributed by atoms with Gasteiger partial charge in [-0.05, 0) is 18.3 Å². The maximum Gasteiger partial charge on any atom is 0.00423 e. The minimum Gasteiger partial charge on any atom is -0.176 e. The largest absolute Gasteiger partial charge is 0.176 e. The van der Waals surface area contributed by atoms with E-state index in [2.05, 4.69) is 26.5 Å². The second-order valence-electron chi connectivity index (χ2n) is 3.89. The van der Waals surface area contributed by atoms with E-state index < -0.39 is 0 Å². The Bertz CT molecular complexity index is 101. The summed E-state index contributed by atoms with van der Waals surface area (Å²) in [5.41, 5.74) is 0.543. The predicted molar refractivity (Wildman–Crippen MR) is 49.6 cm³/mol. The van der Waals surface area contributed by atoms with Crippen LogP contribution in [0, 0.1) is 5.41 Å². The lowest BCUT2D eigenvalue weighted by molar-refractivity contribution is 0.217. The molecule has 0 aromatic heterocycles. The van der Waals surface area contributed by atoms with Gasteiger partial charge in [-0.15, -0.1) is 0 Å². The molecule has 0 nitrogen and oxygen atoms in total. The zero-order valence-corrected chi connectivity index (χ0v) is 7.95. The molecule has 1 saturated carbocycles. The minimum absolute atomic E-state index is 0.543. The molecular weight excluding hydrogens is 140 g/mol. The lowest BCUT2D eigenvalue weighted by atomic mass is 9.74. The van der Waals surface area contributed by atoms with Crippen LogP contribution in [0.15, 0.2) is 0 Å². The highest BCUT2D eigenvalue weighted by Gasteiger charge is 2.30. The Hall–Kier alpha value is 0.350. The highest BCUT2D eigenvalue weighted by Crippen LogP contribution is 2.40. The third-order valence-electron chi connectivity index (χ3n) is 3.00. The molecule has 0 bridgehead atoms. The third kappa shape index (κ3) is 1.69. The van der Waals surface area contributed by atoms with Gasteiger partial charge in [0, 0.05) is 5.25 Å². The monoisotopic (exact) mass is 158 g/mol. The van der Waals surface area contributed by atoms with Crippen LogP contribution < -0.4 is 0 Å². The van der Waals surface area contributed by atoms with Gasteiger partial charge in [0.05, 0.1) is 0 Å². The molecule has 1 aliphatic carbocycles. The van der Waals surface area contributed by atoms with Crippen molar-refractivity contribution < 1.29 is 0 Å². The molecule has 10 heavy (non-hydrogen) atoms. The molecule has 1 rings (SSSR count). The summed E-state index contributed by atoms with van der Waals surface area (Å²) in [6, 6.07) is 0. The zero-order valence-electron chi connectivity index (χ0n) is 7.06. The van der Waals surface area contributed by atoms with Crippen molar-refractivity contribution in [3.63, 3.8) is 0 Å². The van der Waals surface area contributed by atoms with E-state index in [1.807, 2.05) is 0 Å². The summed E-state index contributed by atoms with van der Waals surface area (Å²) in [4.78, 5) is 0. The topological polar surface area (TPSA) is 0 Å². The van der Waals surface area contributed by atoms with Gasteiger partial charge in [-0.1, -0.05) is 33.1 Å². The Balaban J connectivity index is 2.48. The van der Waals surface area contributed by atoms with Crippen molar-refractivity contribution in [2.75, 3.05) is 0 Å². The summed E-state index contributed by atoms with van der Waals surface area (Å²) in [6.07, 6.45) is 7.05. The summed E-state index contributed by atoms with van der Waals surface area (Å²) in [7, 11) is 0. The molecule has 1 aliphatic rings. The molecular formula is C9H18S. The van der Waals surface area contributed by atoms with Crippen molar-refractivity contribution >= 4 is 12.6 Å². The fraction of sp³-hybridized carbons (Fsp3) is 1.00. The Kier molecular flexibility index (Phi) is 2.67. The van der Waals surface area contributed by atoms with Crippen molar-refractivity contribution in [2.24, 2.45) is 5.41 Å². The average molecular weight is 158 g/mol. The molecule has 0 aromatic rings. The highest BCUT2D eigenvalue weighted by atomic mass is 32.1. The fourth-order valence-corrected chi connectivity index (χ4v) is 2.04. The smallest absolute Gasteiger partial charge is 0.00423 e. The van der Waals surface area contributed by atoms with E-state index in [-0.39, 0.29) is 0 Å². The van der Waals surface area contributed by atoms with Crippen LogP contribution in [-0.4, -0.2) is 5.25 Å². The van der Waals surface area contributed by atoms with E-state index in [1.54, 1.807) is 0 Å². The van der Waals surface area contributed by atoms with Gasteiger partial charge in [0.2, 0.25) is 0 Å². The second-order valence-corrected chi connectivity index (χ2v) is 4.67. The lowest BCUT2D eigenvalue weighted by Crippen LogP contribution is -2.28. The van der Waals surface area contributed by atoms with Crippen LogP contribution in [0.5, 0.6) is 0 Å². The van der Waals surface area contributed by atoms with E-state index in [4.69, 9.17) is 0 Å². The molecule has 0 saturated heterocycles. The summed E-state index contributed by atoms with van der Waals surface area (Å²) >= 11 is 4.53. The Morgan fingerprint density at radius 2 is 1.70 bits per heavy atom. The Labute approximate surface area is 69.8 Å². The van der Waals surface area contributed by atoms with Gasteiger partial charge in [-0.3, -0.25) is 0 Å². The molecule has 0 amide bonds. The molecule has 1 fully saturated rings. The molecule has 1 atom stereocenters. The molecule has 0 radical (unpaired) electrons. The maximum atomic E-state index is 4.53. The third-order valence-corrected chi connectivity index (χ3v) is 3.63. The first-order chi connectivity index (χ1) is 4.65. The summed E-state index contributed by atoms with van der Waals surface area (Å²) in [5.74, 6) is 0. The van der Waals surface area contributed by atoms with Gasteiger partial charge in [-0.2, -0.15) is 12.6 Å². The first-order valence-electron chi connectivity index (χ1n) is 4.33. The molecule has 0 aromatic carbocycles. The van der Waals surface area contributed by atoms with Gasteiger partial charge in [-0.25, -0.2) is 0 Å². The highest BCUT2D eigenvalue weighted by molar-refractivity contribution is 7.81. The number of thiol groups is 1. The molecule has 0 heterocycles. The van der Waals surface area contributed by atoms with Crippen molar-refractivity contribution in [3.8, 4) is 0 Å². The molecule has 0 N–H and O–H groups in total. The quantitative estimate of drug-likeness (QED) is 0.556. The molecule has 60 valence electrons. The van der Waals surface area contributed by atoms with Crippen LogP contribution in [0.2, 0.25) is 0 Å². The van der Waals surface area contributed by atoms with Gasteiger partial charge in [0.25, 0.3) is 0 Å². The standard InChI is InChI=1S/C9H18S/c1-8(10)9(2)6-4-3-5-7-9/h8,10H,3-7H2,1-2H3. The van der Waals surface area contributed by atoms with E-state index >= 15 is 0 Å². The Morgan fingerprint density at radius 3 is 2.00 bits per heavy atom. The van der Waals surface area contributed by atoms with Crippen LogP contribution in [0.1, 0.15) is 46.0 Å². The molecule has 0 aliphatic heterocycles. The normalized spacial score (nSPS) is 27.9. The summed E-state index contributed by atoms with van der Waals surface area (Å²) in [6.45, 7) is 4.61. The summed E-state index contributed by atoms with van der Waals surface area (Å²) < 4.78 is 0. The number of hydrogen-bond donors (Lipinski definition) is 1. The molecule has 1 unspecified atom stereocenters. The first-order valence-corrected chi connectivity index (χ1v) is 4.85. The van der Waals surface area contributed by atoms with Gasteiger partial charge in [0.15, 0.2) is 0 Å². The van der Waals surface area contributed by atoms with Gasteiger partial charge < -0.3 is 0 Å². The van der Waals surface area contributed by atoms with E-state index in [9.17, 15) is 0 Å². The number of rotatable bonds is 1. The van der Waals surface area contributed by atoms with Crippen molar-refractivity contribution in [3.05, 3.63) is 0 Å². The van der Waals surface area contributed by atoms with Crippen LogP contribution in [0.4, 0.5) is 0 Å². The van der Waals surface area contributed by atoms with Crippen LogP contribution in [0.3, 0.4) is 0 Å². The number of hydrogen-bond acceptors (Lipinski definition) is 1. The van der Waals surface area contributed by atoms with Crippen molar-refractivity contribution in [1.82, 2.24) is 0 Å². The van der Waals surface area contributed by atoms with Crippen LogP contribution >= 0.6 is 12.6 Å². The zero-order chi connectivity index (χ0) is 7.61. The first kappa shape index (κ1) is 8.45. The average Bonchev–Trinajstić information content (AvgIpc) is 1.89. The minimum atomic E-state index is 0.543. The fourth-order valence-electron chi connectivity index (χ4n) is 1.78.